The average Bonchev–Trinajstić information content (AvgIpc) is 2.39. The Morgan fingerprint density at radius 1 is 1.44 bits per heavy atom. The zero-order chi connectivity index (χ0) is 11.9. The molecule has 0 saturated heterocycles. The van der Waals surface area contributed by atoms with Crippen LogP contribution < -0.4 is 11.1 Å². The molecule has 0 radical (unpaired) electrons. The normalized spacial score (nSPS) is 19.1. The van der Waals surface area contributed by atoms with Gasteiger partial charge < -0.3 is 11.1 Å². The van der Waals surface area contributed by atoms with Crippen LogP contribution in [0.2, 0.25) is 0 Å². The Morgan fingerprint density at radius 2 is 2.33 bits per heavy atom. The molecule has 2 rings (SSSR count). The Kier molecular flexibility index (Phi) is 6.70. The van der Waals surface area contributed by atoms with Crippen molar-refractivity contribution in [3.05, 3.63) is 36.5 Å². The molecule has 18 heavy (non-hydrogen) atoms. The van der Waals surface area contributed by atoms with Crippen LogP contribution in [-0.2, 0) is 0 Å². The average molecular weight is 358 g/mol. The van der Waals surface area contributed by atoms with E-state index in [-0.39, 0.29) is 24.0 Å². The highest BCUT2D eigenvalue weighted by Crippen LogP contribution is 2.18. The summed E-state index contributed by atoms with van der Waals surface area (Å²) in [6.45, 7) is 0.788. The standard InChI is InChI=1S/C13H18N4.HI/c14-13(17-12-8-4-5-9-15-12)16-10-11-6-2-1-3-7-11;/h1-2,4-5,8-9,11H,3,6-7,10H2,(H3,14,15,16,17);1H. The summed E-state index contributed by atoms with van der Waals surface area (Å²) in [7, 11) is 0. The highest BCUT2D eigenvalue weighted by molar-refractivity contribution is 14.0. The summed E-state index contributed by atoms with van der Waals surface area (Å²) < 4.78 is 0. The van der Waals surface area contributed by atoms with Gasteiger partial charge in [-0.3, -0.25) is 4.99 Å². The van der Waals surface area contributed by atoms with Crippen molar-refractivity contribution in [2.24, 2.45) is 16.6 Å². The second-order valence-corrected chi connectivity index (χ2v) is 4.22. The fourth-order valence-electron chi connectivity index (χ4n) is 1.86. The van der Waals surface area contributed by atoms with Crippen LogP contribution in [0.3, 0.4) is 0 Å². The van der Waals surface area contributed by atoms with Crippen molar-refractivity contribution in [1.82, 2.24) is 4.98 Å². The lowest BCUT2D eigenvalue weighted by atomic mass is 9.95. The number of aromatic nitrogens is 1. The number of rotatable bonds is 3. The summed E-state index contributed by atoms with van der Waals surface area (Å²) in [5, 5.41) is 2.98. The third kappa shape index (κ3) is 5.03. The van der Waals surface area contributed by atoms with Gasteiger partial charge >= 0.3 is 0 Å². The fraction of sp³-hybridized carbons (Fsp3) is 0.385. The molecule has 1 heterocycles. The van der Waals surface area contributed by atoms with E-state index in [1.807, 2.05) is 18.2 Å². The van der Waals surface area contributed by atoms with Gasteiger partial charge in [-0.15, -0.1) is 24.0 Å². The van der Waals surface area contributed by atoms with Gasteiger partial charge in [0.2, 0.25) is 0 Å². The van der Waals surface area contributed by atoms with E-state index in [2.05, 4.69) is 27.4 Å². The predicted molar refractivity (Wildman–Crippen MR) is 86.2 cm³/mol. The van der Waals surface area contributed by atoms with E-state index in [0.717, 1.165) is 25.2 Å². The maximum atomic E-state index is 5.80. The van der Waals surface area contributed by atoms with Crippen molar-refractivity contribution in [1.29, 1.82) is 0 Å². The summed E-state index contributed by atoms with van der Waals surface area (Å²) in [4.78, 5) is 8.48. The maximum absolute atomic E-state index is 5.80. The highest BCUT2D eigenvalue weighted by Gasteiger charge is 2.08. The number of aliphatic imine (C=N–C) groups is 1. The van der Waals surface area contributed by atoms with Crippen molar-refractivity contribution < 1.29 is 0 Å². The number of hydrogen-bond acceptors (Lipinski definition) is 2. The molecule has 3 N–H and O–H groups in total. The van der Waals surface area contributed by atoms with Crippen LogP contribution in [0.1, 0.15) is 19.3 Å². The second kappa shape index (κ2) is 8.07. The lowest BCUT2D eigenvalue weighted by molar-refractivity contribution is 0.492. The summed E-state index contributed by atoms with van der Waals surface area (Å²) in [6.07, 6.45) is 9.66. The van der Waals surface area contributed by atoms with Crippen molar-refractivity contribution in [2.45, 2.75) is 19.3 Å². The van der Waals surface area contributed by atoms with Crippen LogP contribution >= 0.6 is 24.0 Å². The number of anilines is 1. The molecular weight excluding hydrogens is 339 g/mol. The number of nitrogens with two attached hydrogens (primary N) is 1. The summed E-state index contributed by atoms with van der Waals surface area (Å²) >= 11 is 0. The first-order valence-electron chi connectivity index (χ1n) is 5.97. The molecule has 0 saturated carbocycles. The number of nitrogens with zero attached hydrogens (tertiary/aromatic N) is 2. The molecule has 0 fully saturated rings. The van der Waals surface area contributed by atoms with E-state index in [4.69, 9.17) is 5.73 Å². The molecule has 1 aromatic heterocycles. The zero-order valence-corrected chi connectivity index (χ0v) is 12.6. The molecule has 1 aliphatic carbocycles. The molecule has 1 atom stereocenters. The number of nitrogens with one attached hydrogen (secondary N) is 1. The largest absolute Gasteiger partial charge is 0.370 e. The van der Waals surface area contributed by atoms with Gasteiger partial charge in [-0.1, -0.05) is 18.2 Å². The van der Waals surface area contributed by atoms with E-state index in [0.29, 0.717) is 11.9 Å². The van der Waals surface area contributed by atoms with Gasteiger partial charge in [0.25, 0.3) is 0 Å². The van der Waals surface area contributed by atoms with Crippen molar-refractivity contribution in [3.63, 3.8) is 0 Å². The number of guanidine groups is 1. The minimum absolute atomic E-state index is 0. The molecule has 98 valence electrons. The smallest absolute Gasteiger partial charge is 0.194 e. The molecule has 0 aliphatic heterocycles. The van der Waals surface area contributed by atoms with Crippen LogP contribution in [0, 0.1) is 5.92 Å². The van der Waals surface area contributed by atoms with E-state index in [9.17, 15) is 0 Å². The monoisotopic (exact) mass is 358 g/mol. The Hall–Kier alpha value is -1.11. The molecular formula is C13H19IN4. The van der Waals surface area contributed by atoms with Crippen LogP contribution in [0.4, 0.5) is 5.82 Å². The van der Waals surface area contributed by atoms with E-state index >= 15 is 0 Å². The molecule has 1 aliphatic rings. The first kappa shape index (κ1) is 14.9. The van der Waals surface area contributed by atoms with E-state index < -0.39 is 0 Å². The first-order valence-corrected chi connectivity index (χ1v) is 5.97. The Labute approximate surface area is 125 Å². The van der Waals surface area contributed by atoms with Crippen molar-refractivity contribution in [2.75, 3.05) is 11.9 Å². The minimum atomic E-state index is 0. The number of allylic oxidation sites excluding steroid dienone is 2. The maximum Gasteiger partial charge on any atom is 0.194 e. The quantitative estimate of drug-likeness (QED) is 0.378. The Bertz CT molecular complexity index is 403. The molecule has 0 bridgehead atoms. The van der Waals surface area contributed by atoms with Gasteiger partial charge in [0.1, 0.15) is 5.82 Å². The predicted octanol–water partition coefficient (Wildman–Crippen LogP) is 2.78. The fourth-order valence-corrected chi connectivity index (χ4v) is 1.86. The number of halogens is 1. The van der Waals surface area contributed by atoms with Crippen LogP contribution in [-0.4, -0.2) is 17.5 Å². The van der Waals surface area contributed by atoms with E-state index in [1.165, 1.54) is 6.42 Å². The Morgan fingerprint density at radius 3 is 3.00 bits per heavy atom. The molecule has 0 aromatic carbocycles. The third-order valence-electron chi connectivity index (χ3n) is 2.82. The second-order valence-electron chi connectivity index (χ2n) is 4.22. The first-order chi connectivity index (χ1) is 8.34. The number of pyridine rings is 1. The molecule has 1 aromatic rings. The minimum Gasteiger partial charge on any atom is -0.370 e. The van der Waals surface area contributed by atoms with Gasteiger partial charge in [-0.2, -0.15) is 0 Å². The highest BCUT2D eigenvalue weighted by atomic mass is 127. The van der Waals surface area contributed by atoms with E-state index in [1.54, 1.807) is 6.20 Å². The molecule has 4 nitrogen and oxygen atoms in total. The van der Waals surface area contributed by atoms with Crippen molar-refractivity contribution in [3.8, 4) is 0 Å². The molecule has 5 heteroatoms. The topological polar surface area (TPSA) is 63.3 Å². The van der Waals surface area contributed by atoms with Gasteiger partial charge in [0, 0.05) is 12.7 Å². The lowest BCUT2D eigenvalue weighted by Gasteiger charge is -2.15. The third-order valence-corrected chi connectivity index (χ3v) is 2.82. The van der Waals surface area contributed by atoms with Crippen LogP contribution in [0.15, 0.2) is 41.5 Å². The lowest BCUT2D eigenvalue weighted by Crippen LogP contribution is -2.24. The molecule has 0 amide bonds. The van der Waals surface area contributed by atoms with Gasteiger partial charge in [-0.25, -0.2) is 4.98 Å². The summed E-state index contributed by atoms with van der Waals surface area (Å²) in [5.74, 6) is 1.81. The number of hydrogen-bond donors (Lipinski definition) is 2. The molecule has 1 unspecified atom stereocenters. The van der Waals surface area contributed by atoms with Crippen molar-refractivity contribution >= 4 is 35.8 Å². The molecule has 0 spiro atoms. The Balaban J connectivity index is 0.00000162. The van der Waals surface area contributed by atoms with Gasteiger partial charge in [-0.05, 0) is 37.3 Å². The van der Waals surface area contributed by atoms with Crippen LogP contribution in [0.25, 0.3) is 0 Å². The summed E-state index contributed by atoms with van der Waals surface area (Å²) in [6, 6.07) is 5.65. The van der Waals surface area contributed by atoms with Gasteiger partial charge in [0.15, 0.2) is 5.96 Å². The zero-order valence-electron chi connectivity index (χ0n) is 10.2. The van der Waals surface area contributed by atoms with Crippen LogP contribution in [0.5, 0.6) is 0 Å². The SMILES string of the molecule is I.NC(=NCC1CC=CCC1)Nc1ccccn1. The van der Waals surface area contributed by atoms with Gasteiger partial charge in [0.05, 0.1) is 0 Å². The summed E-state index contributed by atoms with van der Waals surface area (Å²) in [5.41, 5.74) is 5.80.